The molecule has 2 saturated heterocycles. The van der Waals surface area contributed by atoms with Gasteiger partial charge in [-0.3, -0.25) is 38.4 Å². The zero-order valence-corrected chi connectivity index (χ0v) is 40.3. The molecule has 22 heteroatoms. The summed E-state index contributed by atoms with van der Waals surface area (Å²) in [6.45, 7) is 1.48. The number of aryl methyl sites for hydroxylation is 1. The molecule has 70 heavy (non-hydrogen) atoms. The molecule has 3 unspecified atom stereocenters. The van der Waals surface area contributed by atoms with Crippen LogP contribution in [0.25, 0.3) is 33.4 Å². The van der Waals surface area contributed by atoms with E-state index in [0.29, 0.717) is 52.7 Å². The van der Waals surface area contributed by atoms with Gasteiger partial charge >= 0.3 is 19.8 Å². The number of aromatic hydroxyl groups is 1. The van der Waals surface area contributed by atoms with Gasteiger partial charge in [-0.05, 0) is 61.7 Å². The molecule has 1 aromatic heterocycles. The number of nitrogens with one attached hydrogen (secondary N) is 2. The Morgan fingerprint density at radius 1 is 0.929 bits per heavy atom. The van der Waals surface area contributed by atoms with Crippen LogP contribution in [0.15, 0.2) is 79.6 Å². The monoisotopic (exact) mass is 1010 g/mol. The van der Waals surface area contributed by atoms with Crippen molar-refractivity contribution in [3.8, 4) is 28.2 Å². The molecule has 3 aliphatic heterocycles. The van der Waals surface area contributed by atoms with Crippen molar-refractivity contribution in [1.29, 1.82) is 0 Å². The van der Waals surface area contributed by atoms with Crippen molar-refractivity contribution < 1.29 is 62.1 Å². The summed E-state index contributed by atoms with van der Waals surface area (Å²) in [5.74, 6) is -1.53. The molecule has 2 aromatic carbocycles. The minimum Gasteiger partial charge on any atom is -0.508 e. The second-order valence-electron chi connectivity index (χ2n) is 17.1. The van der Waals surface area contributed by atoms with Gasteiger partial charge in [0.25, 0.3) is 5.56 Å². The van der Waals surface area contributed by atoms with Gasteiger partial charge in [0, 0.05) is 77.7 Å². The Morgan fingerprint density at radius 3 is 2.40 bits per heavy atom. The first-order valence-electron chi connectivity index (χ1n) is 23.0. The van der Waals surface area contributed by atoms with Crippen LogP contribution in [-0.4, -0.2) is 108 Å². The molecule has 0 bridgehead atoms. The van der Waals surface area contributed by atoms with Crippen molar-refractivity contribution in [3.63, 3.8) is 0 Å². The number of carboxylic acids is 1. The summed E-state index contributed by atoms with van der Waals surface area (Å²) in [5.41, 5.74) is 0.697. The Balaban J connectivity index is 0.757. The number of benzene rings is 3. The number of unbranched alkanes of at least 4 members (excludes halogenated alkanes) is 7. The van der Waals surface area contributed by atoms with E-state index in [1.807, 2.05) is 0 Å². The lowest BCUT2D eigenvalue weighted by Gasteiger charge is -2.18. The van der Waals surface area contributed by atoms with E-state index >= 15 is 0 Å². The number of imide groups is 1. The molecule has 6 N–H and O–H groups in total. The third-order valence-electron chi connectivity index (χ3n) is 12.2. The Kier molecular flexibility index (Phi) is 17.4. The highest BCUT2D eigenvalue weighted by Crippen LogP contribution is 2.57. The number of aromatic amines is 1. The predicted octanol–water partition coefficient (Wildman–Crippen LogP) is 6.14. The number of phenolic OH excluding ortho intramolecular Hbond substituents is 1. The van der Waals surface area contributed by atoms with Gasteiger partial charge < -0.3 is 29.8 Å². The Bertz CT molecular complexity index is 2870. The first-order chi connectivity index (χ1) is 33.5. The SMILES string of the molecule is CO[P+](O)(OCCSC1CC(=O)N(CCCCCCCCCCC(=O)Nc2ccc(-c3c4ccc(=O)cc-4oc4cc(O)ccc34)c(C(=O)O)c2)C1=O)OC[C@H]1O[C@@H](n2cc(C)c(=O)[nH]c2=O)CC1O. The fraction of sp³-hybridized carbons (Fsp3) is 0.438. The molecule has 0 saturated carbocycles. The fourth-order valence-electron chi connectivity index (χ4n) is 8.51. The van der Waals surface area contributed by atoms with Gasteiger partial charge in [-0.1, -0.05) is 44.6 Å². The van der Waals surface area contributed by atoms with Crippen LogP contribution in [0, 0.1) is 6.92 Å². The number of nitrogens with zero attached hydrogens (tertiary/aromatic N) is 2. The van der Waals surface area contributed by atoms with Crippen LogP contribution < -0.4 is 22.0 Å². The number of aliphatic hydroxyl groups excluding tert-OH is 1. The van der Waals surface area contributed by atoms with Gasteiger partial charge in [-0.15, -0.1) is 11.8 Å². The number of ether oxygens (including phenoxy) is 1. The number of amides is 3. The standard InChI is InChI=1S/C48H55N4O16PS/c1-28-26-52(48(62)50-45(28)58)43-24-36(55)39(68-43)27-66-69(63,64-2)65-19-20-70-40-25-42(57)51(46(40)59)18-10-8-6-4-3-5-7-9-11-41(56)49-29-12-15-32(35(21-29)47(60)61)44-33-16-13-30(53)22-37(33)67-38-23-31(54)14-17-34(38)44/h12-17,21-23,26,36,39-40,43,55,63H,3-11,18-20,24-25,27H2,1-2H3,(H3-,49,50,53,54,56,58,60,61,62)/p+1/t36?,39-,40?,43-,69?/m1/s1. The fourth-order valence-corrected chi connectivity index (χ4v) is 10.6. The van der Waals surface area contributed by atoms with Crippen molar-refractivity contribution in [2.45, 2.75) is 101 Å². The number of anilines is 1. The van der Waals surface area contributed by atoms with Crippen LogP contribution in [0.5, 0.6) is 5.75 Å². The van der Waals surface area contributed by atoms with E-state index in [2.05, 4.69) is 10.3 Å². The zero-order valence-electron chi connectivity index (χ0n) is 38.6. The largest absolute Gasteiger partial charge is 0.572 e. The second kappa shape index (κ2) is 23.4. The maximum absolute atomic E-state index is 13.1. The number of rotatable bonds is 24. The number of hydrogen-bond donors (Lipinski definition) is 6. The number of hydrogen-bond acceptors (Lipinski definition) is 16. The number of carbonyl (C=O) groups is 4. The number of aliphatic hydroxyl groups is 1. The number of fused-ring (bicyclic) bond motifs is 2. The minimum atomic E-state index is -3.85. The number of aromatic carboxylic acids is 1. The summed E-state index contributed by atoms with van der Waals surface area (Å²) >= 11 is 1.23. The molecule has 4 aliphatic rings. The number of phenols is 1. The first kappa shape index (κ1) is 52.1. The molecular formula is C48H56N4O16PS+. The first-order valence-corrected chi connectivity index (χ1v) is 25.5. The van der Waals surface area contributed by atoms with E-state index in [0.717, 1.165) is 38.5 Å². The zero-order chi connectivity index (χ0) is 50.1. The van der Waals surface area contributed by atoms with E-state index < -0.39 is 49.1 Å². The van der Waals surface area contributed by atoms with Crippen molar-refractivity contribution >= 4 is 60.3 Å². The topological polar surface area (TPSA) is 286 Å². The van der Waals surface area contributed by atoms with Crippen LogP contribution in [0.1, 0.15) is 92.8 Å². The maximum atomic E-state index is 13.1. The van der Waals surface area contributed by atoms with Gasteiger partial charge in [0.2, 0.25) is 17.7 Å². The Labute approximate surface area is 405 Å². The number of aromatic nitrogens is 2. The molecule has 20 nitrogen and oxygen atoms in total. The molecule has 1 aliphatic carbocycles. The van der Waals surface area contributed by atoms with E-state index in [1.165, 1.54) is 71.8 Å². The second-order valence-corrected chi connectivity index (χ2v) is 20.3. The van der Waals surface area contributed by atoms with Gasteiger partial charge in [0.15, 0.2) is 5.43 Å². The highest BCUT2D eigenvalue weighted by molar-refractivity contribution is 8.00. The number of H-pyrrole nitrogens is 1. The van der Waals surface area contributed by atoms with Crippen LogP contribution in [0.2, 0.25) is 0 Å². The molecule has 2 fully saturated rings. The number of carbonyl (C=O) groups excluding carboxylic acids is 3. The lowest BCUT2D eigenvalue weighted by atomic mass is 9.90. The van der Waals surface area contributed by atoms with E-state index in [-0.39, 0.29) is 84.0 Å². The summed E-state index contributed by atoms with van der Waals surface area (Å²) in [7, 11) is -2.65. The van der Waals surface area contributed by atoms with Crippen molar-refractivity contribution in [1.82, 2.24) is 14.5 Å². The highest BCUT2D eigenvalue weighted by atomic mass is 32.2. The van der Waals surface area contributed by atoms with E-state index in [4.69, 9.17) is 22.7 Å². The van der Waals surface area contributed by atoms with Crippen molar-refractivity contribution in [3.05, 3.63) is 103 Å². The summed E-state index contributed by atoms with van der Waals surface area (Å²) in [6, 6.07) is 13.4. The average Bonchev–Trinajstić information content (AvgIpc) is 3.83. The third-order valence-corrected chi connectivity index (χ3v) is 14.8. The normalized spacial score (nSPS) is 19.1. The van der Waals surface area contributed by atoms with Gasteiger partial charge in [0.05, 0.1) is 24.0 Å². The molecule has 0 radical (unpaired) electrons. The van der Waals surface area contributed by atoms with Crippen LogP contribution >= 0.6 is 19.9 Å². The molecule has 7 rings (SSSR count). The molecular weight excluding hydrogens is 952 g/mol. The number of thioether (sulfide) groups is 1. The summed E-state index contributed by atoms with van der Waals surface area (Å²) in [4.78, 5) is 102. The van der Waals surface area contributed by atoms with Crippen LogP contribution in [-0.2, 0) is 32.7 Å². The van der Waals surface area contributed by atoms with Crippen LogP contribution in [0.4, 0.5) is 5.69 Å². The summed E-state index contributed by atoms with van der Waals surface area (Å²) in [5, 5.41) is 33.6. The van der Waals surface area contributed by atoms with Crippen LogP contribution in [0.3, 0.4) is 0 Å². The molecule has 374 valence electrons. The number of carboxylic acid groups (broad SMARTS) is 1. The predicted molar refractivity (Wildman–Crippen MR) is 260 cm³/mol. The number of likely N-dealkylation sites (tertiary alicyclic amines) is 1. The molecule has 3 amide bonds. The summed E-state index contributed by atoms with van der Waals surface area (Å²) < 4.78 is 28.9. The highest BCUT2D eigenvalue weighted by Gasteiger charge is 2.47. The van der Waals surface area contributed by atoms with E-state index in [1.54, 1.807) is 24.3 Å². The lowest BCUT2D eigenvalue weighted by Crippen LogP contribution is -2.33. The molecule has 0 spiro atoms. The maximum Gasteiger partial charge on any atom is 0.572 e. The third kappa shape index (κ3) is 12.8. The smallest absolute Gasteiger partial charge is 0.508 e. The minimum absolute atomic E-state index is 0.0367. The average molecular weight is 1010 g/mol. The van der Waals surface area contributed by atoms with Gasteiger partial charge in [-0.2, -0.15) is 18.5 Å². The molecule has 4 heterocycles. The summed E-state index contributed by atoms with van der Waals surface area (Å²) in [6.07, 6.45) is 5.60. The Hall–Kier alpha value is -5.77. The molecule has 3 aromatic rings. The van der Waals surface area contributed by atoms with E-state index in [9.17, 15) is 53.8 Å². The van der Waals surface area contributed by atoms with Gasteiger partial charge in [-0.25, -0.2) is 9.59 Å². The molecule has 5 atom stereocenters. The quantitative estimate of drug-likeness (QED) is 0.0175. The lowest BCUT2D eigenvalue weighted by molar-refractivity contribution is -0.138. The Morgan fingerprint density at radius 2 is 1.66 bits per heavy atom. The van der Waals surface area contributed by atoms with Crippen molar-refractivity contribution in [2.75, 3.05) is 37.9 Å². The van der Waals surface area contributed by atoms with Gasteiger partial charge in [0.1, 0.15) is 42.6 Å². The van der Waals surface area contributed by atoms with Crippen molar-refractivity contribution in [2.24, 2.45) is 0 Å².